The van der Waals surface area contributed by atoms with Gasteiger partial charge in [0.05, 0.1) is 6.67 Å². The van der Waals surface area contributed by atoms with E-state index in [0.29, 0.717) is 0 Å². The zero-order valence-electron chi connectivity index (χ0n) is 10.7. The Hall–Kier alpha value is -1.81. The molecule has 1 aromatic carbocycles. The van der Waals surface area contributed by atoms with E-state index in [-0.39, 0.29) is 0 Å². The normalized spacial score (nSPS) is 16.4. The summed E-state index contributed by atoms with van der Waals surface area (Å²) in [5.41, 5.74) is 1.33. The van der Waals surface area contributed by atoms with Crippen LogP contribution >= 0.6 is 0 Å². The van der Waals surface area contributed by atoms with Crippen molar-refractivity contribution in [1.82, 2.24) is 14.5 Å². The molecule has 1 aliphatic heterocycles. The molecule has 0 fully saturated rings. The van der Waals surface area contributed by atoms with Gasteiger partial charge in [-0.05, 0) is 12.6 Å². The van der Waals surface area contributed by atoms with Crippen molar-refractivity contribution in [3.8, 4) is 0 Å². The second kappa shape index (κ2) is 4.82. The molecule has 0 amide bonds. The Bertz CT molecular complexity index is 506. The van der Waals surface area contributed by atoms with E-state index in [9.17, 15) is 0 Å². The van der Waals surface area contributed by atoms with Gasteiger partial charge >= 0.3 is 0 Å². The second-order valence-corrected chi connectivity index (χ2v) is 4.83. The van der Waals surface area contributed by atoms with E-state index in [0.717, 1.165) is 32.3 Å². The van der Waals surface area contributed by atoms with Gasteiger partial charge < -0.3 is 9.47 Å². The highest BCUT2D eigenvalue weighted by atomic mass is 15.4. The standard InChI is InChI=1S/C14H18N4/c1-16-9-10-17(11-13-5-3-2-4-6-13)14-15-7-8-18(14)12-16/h2-8H,9-12H2,1H3. The fraction of sp³-hybridized carbons (Fsp3) is 0.357. The Morgan fingerprint density at radius 3 is 2.83 bits per heavy atom. The first kappa shape index (κ1) is 11.3. The first-order valence-electron chi connectivity index (χ1n) is 6.31. The van der Waals surface area contributed by atoms with E-state index in [4.69, 9.17) is 0 Å². The van der Waals surface area contributed by atoms with Gasteiger partial charge in [-0.3, -0.25) is 4.90 Å². The van der Waals surface area contributed by atoms with Gasteiger partial charge in [0.15, 0.2) is 0 Å². The van der Waals surface area contributed by atoms with Crippen molar-refractivity contribution in [3.63, 3.8) is 0 Å². The lowest BCUT2D eigenvalue weighted by atomic mass is 10.2. The number of rotatable bonds is 2. The summed E-state index contributed by atoms with van der Waals surface area (Å²) in [7, 11) is 2.15. The lowest BCUT2D eigenvalue weighted by molar-refractivity contribution is 0.288. The van der Waals surface area contributed by atoms with E-state index >= 15 is 0 Å². The highest BCUT2D eigenvalue weighted by Gasteiger charge is 2.18. The molecule has 0 unspecified atom stereocenters. The molecule has 0 radical (unpaired) electrons. The van der Waals surface area contributed by atoms with Crippen molar-refractivity contribution in [2.45, 2.75) is 13.2 Å². The summed E-state index contributed by atoms with van der Waals surface area (Å²) in [6.45, 7) is 3.92. The average Bonchev–Trinajstić information content (AvgIpc) is 2.78. The Labute approximate surface area is 107 Å². The Morgan fingerprint density at radius 1 is 1.17 bits per heavy atom. The topological polar surface area (TPSA) is 24.3 Å². The summed E-state index contributed by atoms with van der Waals surface area (Å²) in [6.07, 6.45) is 3.93. The van der Waals surface area contributed by atoms with Crippen LogP contribution in [0, 0.1) is 0 Å². The number of benzene rings is 1. The Balaban J connectivity index is 1.85. The van der Waals surface area contributed by atoms with E-state index in [1.165, 1.54) is 5.56 Å². The molecule has 0 bridgehead atoms. The number of fused-ring (bicyclic) bond motifs is 1. The lowest BCUT2D eigenvalue weighted by Gasteiger charge is -2.21. The lowest BCUT2D eigenvalue weighted by Crippen LogP contribution is -2.29. The van der Waals surface area contributed by atoms with Gasteiger partial charge in [-0.25, -0.2) is 4.98 Å². The Kier molecular flexibility index (Phi) is 3.02. The van der Waals surface area contributed by atoms with Crippen LogP contribution in [0.4, 0.5) is 5.95 Å². The Morgan fingerprint density at radius 2 is 2.00 bits per heavy atom. The largest absolute Gasteiger partial charge is 0.337 e. The zero-order chi connectivity index (χ0) is 12.4. The van der Waals surface area contributed by atoms with Crippen molar-refractivity contribution in [2.75, 3.05) is 25.0 Å². The fourth-order valence-corrected chi connectivity index (χ4v) is 2.37. The molecule has 4 nitrogen and oxygen atoms in total. The van der Waals surface area contributed by atoms with Gasteiger partial charge in [-0.2, -0.15) is 0 Å². The minimum absolute atomic E-state index is 0.917. The third-order valence-corrected chi connectivity index (χ3v) is 3.34. The molecule has 18 heavy (non-hydrogen) atoms. The quantitative estimate of drug-likeness (QED) is 0.802. The van der Waals surface area contributed by atoms with Gasteiger partial charge in [0.2, 0.25) is 5.95 Å². The minimum atomic E-state index is 0.917. The fourth-order valence-electron chi connectivity index (χ4n) is 2.37. The molecule has 0 aliphatic carbocycles. The van der Waals surface area contributed by atoms with Crippen LogP contribution in [0.5, 0.6) is 0 Å². The molecular weight excluding hydrogens is 224 g/mol. The summed E-state index contributed by atoms with van der Waals surface area (Å²) in [4.78, 5) is 9.15. The molecule has 0 N–H and O–H groups in total. The van der Waals surface area contributed by atoms with Crippen LogP contribution in [0.2, 0.25) is 0 Å². The summed E-state index contributed by atoms with van der Waals surface area (Å²) < 4.78 is 2.20. The summed E-state index contributed by atoms with van der Waals surface area (Å²) >= 11 is 0. The molecule has 94 valence electrons. The van der Waals surface area contributed by atoms with Gasteiger partial charge in [-0.1, -0.05) is 30.3 Å². The highest BCUT2D eigenvalue weighted by molar-refractivity contribution is 5.34. The van der Waals surface area contributed by atoms with Gasteiger partial charge in [0.1, 0.15) is 0 Å². The second-order valence-electron chi connectivity index (χ2n) is 4.83. The van der Waals surface area contributed by atoms with Crippen molar-refractivity contribution >= 4 is 5.95 Å². The predicted octanol–water partition coefficient (Wildman–Crippen LogP) is 1.79. The number of hydrogen-bond acceptors (Lipinski definition) is 3. The van der Waals surface area contributed by atoms with Crippen molar-refractivity contribution in [3.05, 3.63) is 48.3 Å². The van der Waals surface area contributed by atoms with E-state index < -0.39 is 0 Å². The molecule has 0 saturated carbocycles. The first-order chi connectivity index (χ1) is 8.83. The maximum atomic E-state index is 4.49. The summed E-state index contributed by atoms with van der Waals surface area (Å²) in [6, 6.07) is 10.6. The van der Waals surface area contributed by atoms with E-state index in [1.54, 1.807) is 0 Å². The SMILES string of the molecule is CN1CCN(Cc2ccccc2)c2nccn2C1. The summed E-state index contributed by atoms with van der Waals surface area (Å²) in [5.74, 6) is 1.07. The smallest absolute Gasteiger partial charge is 0.206 e. The number of nitrogens with zero attached hydrogens (tertiary/aromatic N) is 4. The molecule has 1 aromatic heterocycles. The van der Waals surface area contributed by atoms with Crippen molar-refractivity contribution in [2.24, 2.45) is 0 Å². The maximum Gasteiger partial charge on any atom is 0.206 e. The number of hydrogen-bond donors (Lipinski definition) is 0. The number of aromatic nitrogens is 2. The predicted molar refractivity (Wildman–Crippen MR) is 72.3 cm³/mol. The van der Waals surface area contributed by atoms with Crippen LogP contribution in [0.25, 0.3) is 0 Å². The van der Waals surface area contributed by atoms with Crippen LogP contribution in [0.15, 0.2) is 42.7 Å². The molecule has 0 atom stereocenters. The molecule has 0 spiro atoms. The number of likely N-dealkylation sites (N-methyl/N-ethyl adjacent to an activating group) is 1. The molecule has 1 aliphatic rings. The monoisotopic (exact) mass is 242 g/mol. The van der Waals surface area contributed by atoms with Crippen LogP contribution < -0.4 is 4.90 Å². The molecule has 0 saturated heterocycles. The number of imidazole rings is 1. The molecule has 3 rings (SSSR count). The summed E-state index contributed by atoms with van der Waals surface area (Å²) in [5, 5.41) is 0. The van der Waals surface area contributed by atoms with Crippen LogP contribution in [-0.2, 0) is 13.2 Å². The van der Waals surface area contributed by atoms with Gasteiger partial charge in [-0.15, -0.1) is 0 Å². The zero-order valence-corrected chi connectivity index (χ0v) is 10.7. The minimum Gasteiger partial charge on any atom is -0.337 e. The number of anilines is 1. The van der Waals surface area contributed by atoms with Crippen molar-refractivity contribution in [1.29, 1.82) is 0 Å². The molecule has 4 heteroatoms. The first-order valence-corrected chi connectivity index (χ1v) is 6.31. The molecule has 2 heterocycles. The van der Waals surface area contributed by atoms with Crippen LogP contribution in [0.3, 0.4) is 0 Å². The van der Waals surface area contributed by atoms with Crippen LogP contribution in [-0.4, -0.2) is 34.6 Å². The molecule has 2 aromatic rings. The third kappa shape index (κ3) is 2.24. The highest BCUT2D eigenvalue weighted by Crippen LogP contribution is 2.18. The average molecular weight is 242 g/mol. The third-order valence-electron chi connectivity index (χ3n) is 3.34. The maximum absolute atomic E-state index is 4.49. The van der Waals surface area contributed by atoms with Gasteiger partial charge in [0, 0.05) is 32.0 Å². The molecular formula is C14H18N4. The van der Waals surface area contributed by atoms with Crippen molar-refractivity contribution < 1.29 is 0 Å². The van der Waals surface area contributed by atoms with Gasteiger partial charge in [0.25, 0.3) is 0 Å². The van der Waals surface area contributed by atoms with E-state index in [1.807, 2.05) is 6.20 Å². The van der Waals surface area contributed by atoms with E-state index in [2.05, 4.69) is 62.9 Å². The van der Waals surface area contributed by atoms with Crippen LogP contribution in [0.1, 0.15) is 5.56 Å².